The molecule has 0 aliphatic heterocycles. The maximum Gasteiger partial charge on any atom is 0.192 e. The number of halogens is 1. The third kappa shape index (κ3) is 4.80. The van der Waals surface area contributed by atoms with E-state index in [1.807, 2.05) is 0 Å². The molecule has 22 heavy (non-hydrogen) atoms. The molecule has 1 nitrogen and oxygen atoms in total. The SMILES string of the molecule is CC(C)(C)[Si](C)(C)OC1CCC(=Cc2cccc(Br)c2)CC1. The molecular weight excluding hydrogens is 352 g/mol. The molecule has 1 saturated carbocycles. The van der Waals surface area contributed by atoms with Crippen molar-refractivity contribution in [3.63, 3.8) is 0 Å². The average Bonchev–Trinajstić information content (AvgIpc) is 2.39. The van der Waals surface area contributed by atoms with Crippen LogP contribution in [0.5, 0.6) is 0 Å². The smallest absolute Gasteiger partial charge is 0.192 e. The normalized spacial score (nSPS) is 20.1. The van der Waals surface area contributed by atoms with Crippen molar-refractivity contribution in [2.24, 2.45) is 0 Å². The van der Waals surface area contributed by atoms with Gasteiger partial charge < -0.3 is 4.43 Å². The van der Waals surface area contributed by atoms with E-state index in [2.05, 4.69) is 80.1 Å². The molecule has 0 aromatic heterocycles. The van der Waals surface area contributed by atoms with Crippen LogP contribution in [0.1, 0.15) is 52.0 Å². The van der Waals surface area contributed by atoms with Crippen LogP contribution in [0.15, 0.2) is 34.3 Å². The van der Waals surface area contributed by atoms with Crippen molar-refractivity contribution >= 4 is 30.3 Å². The van der Waals surface area contributed by atoms with E-state index in [9.17, 15) is 0 Å². The fourth-order valence-corrected chi connectivity index (χ4v) is 4.49. The van der Waals surface area contributed by atoms with E-state index in [-0.39, 0.29) is 0 Å². The van der Waals surface area contributed by atoms with Gasteiger partial charge in [-0.3, -0.25) is 0 Å². The highest BCUT2D eigenvalue weighted by atomic mass is 79.9. The van der Waals surface area contributed by atoms with E-state index < -0.39 is 8.32 Å². The summed E-state index contributed by atoms with van der Waals surface area (Å²) < 4.78 is 7.71. The summed E-state index contributed by atoms with van der Waals surface area (Å²) >= 11 is 3.54. The van der Waals surface area contributed by atoms with Crippen molar-refractivity contribution in [1.29, 1.82) is 0 Å². The zero-order valence-corrected chi connectivity index (χ0v) is 17.2. The summed E-state index contributed by atoms with van der Waals surface area (Å²) in [6.07, 6.45) is 7.50. The molecule has 1 fully saturated rings. The highest BCUT2D eigenvalue weighted by Gasteiger charge is 2.39. The number of rotatable bonds is 3. The van der Waals surface area contributed by atoms with E-state index in [1.54, 1.807) is 5.57 Å². The molecule has 0 atom stereocenters. The molecule has 3 heteroatoms. The number of benzene rings is 1. The van der Waals surface area contributed by atoms with Gasteiger partial charge >= 0.3 is 0 Å². The van der Waals surface area contributed by atoms with Crippen LogP contribution in [0.3, 0.4) is 0 Å². The summed E-state index contributed by atoms with van der Waals surface area (Å²) in [5, 5.41) is 0.305. The molecule has 0 heterocycles. The summed E-state index contributed by atoms with van der Waals surface area (Å²) in [7, 11) is -1.62. The van der Waals surface area contributed by atoms with Gasteiger partial charge in [-0.15, -0.1) is 0 Å². The molecule has 0 spiro atoms. The lowest BCUT2D eigenvalue weighted by molar-refractivity contribution is 0.151. The van der Waals surface area contributed by atoms with Crippen molar-refractivity contribution in [1.82, 2.24) is 0 Å². The molecule has 0 saturated heterocycles. The van der Waals surface area contributed by atoms with Crippen LogP contribution >= 0.6 is 15.9 Å². The van der Waals surface area contributed by atoms with E-state index in [0.717, 1.165) is 4.47 Å². The first kappa shape index (κ1) is 18.0. The Morgan fingerprint density at radius 1 is 1.18 bits per heavy atom. The quantitative estimate of drug-likeness (QED) is 0.523. The summed E-state index contributed by atoms with van der Waals surface area (Å²) in [4.78, 5) is 0. The molecule has 0 radical (unpaired) electrons. The standard InChI is InChI=1S/C19H29BrOSi/c1-19(2,3)22(4,5)21-18-11-9-15(10-12-18)13-16-7-6-8-17(20)14-16/h6-8,13-14,18H,9-12H2,1-5H3. The van der Waals surface area contributed by atoms with Crippen LogP contribution in [-0.4, -0.2) is 14.4 Å². The van der Waals surface area contributed by atoms with Crippen molar-refractivity contribution < 1.29 is 4.43 Å². The Balaban J connectivity index is 1.93. The Morgan fingerprint density at radius 3 is 2.36 bits per heavy atom. The average molecular weight is 381 g/mol. The minimum Gasteiger partial charge on any atom is -0.414 e. The lowest BCUT2D eigenvalue weighted by Gasteiger charge is -2.40. The first-order valence-corrected chi connectivity index (χ1v) is 12.0. The second kappa shape index (κ2) is 7.02. The van der Waals surface area contributed by atoms with Crippen LogP contribution in [0.25, 0.3) is 6.08 Å². The molecule has 0 unspecified atom stereocenters. The van der Waals surface area contributed by atoms with Gasteiger partial charge in [0.15, 0.2) is 8.32 Å². The number of hydrogen-bond donors (Lipinski definition) is 0. The van der Waals surface area contributed by atoms with Crippen LogP contribution in [0, 0.1) is 0 Å². The monoisotopic (exact) mass is 380 g/mol. The first-order chi connectivity index (χ1) is 10.2. The van der Waals surface area contributed by atoms with Crippen LogP contribution < -0.4 is 0 Å². The minimum absolute atomic E-state index is 0.305. The largest absolute Gasteiger partial charge is 0.414 e. The second-order valence-electron chi connectivity index (χ2n) is 7.94. The van der Waals surface area contributed by atoms with Gasteiger partial charge in [-0.05, 0) is 61.5 Å². The zero-order chi connectivity index (χ0) is 16.4. The van der Waals surface area contributed by atoms with Crippen molar-refractivity contribution in [2.45, 2.75) is 70.7 Å². The van der Waals surface area contributed by atoms with Gasteiger partial charge in [-0.2, -0.15) is 0 Å². The molecule has 122 valence electrons. The predicted molar refractivity (Wildman–Crippen MR) is 103 cm³/mol. The Morgan fingerprint density at radius 2 is 1.82 bits per heavy atom. The molecule has 2 rings (SSSR count). The summed E-state index contributed by atoms with van der Waals surface area (Å²) in [5.41, 5.74) is 2.86. The molecular formula is C19H29BrOSi. The van der Waals surface area contributed by atoms with E-state index in [1.165, 1.54) is 31.2 Å². The Kier molecular flexibility index (Phi) is 5.73. The molecule has 1 aliphatic rings. The summed E-state index contributed by atoms with van der Waals surface area (Å²) in [6.45, 7) is 11.7. The van der Waals surface area contributed by atoms with Crippen LogP contribution in [0.4, 0.5) is 0 Å². The van der Waals surface area contributed by atoms with Gasteiger partial charge in [0.05, 0.1) is 0 Å². The maximum atomic E-state index is 6.57. The summed E-state index contributed by atoms with van der Waals surface area (Å²) in [5.74, 6) is 0. The third-order valence-corrected chi connectivity index (χ3v) is 10.1. The van der Waals surface area contributed by atoms with Gasteiger partial charge in [0, 0.05) is 10.6 Å². The fraction of sp³-hybridized carbons (Fsp3) is 0.579. The molecule has 1 aromatic carbocycles. The Labute approximate surface area is 145 Å². The predicted octanol–water partition coefficient (Wildman–Crippen LogP) is 6.80. The number of allylic oxidation sites excluding steroid dienone is 1. The topological polar surface area (TPSA) is 9.23 Å². The first-order valence-electron chi connectivity index (χ1n) is 8.30. The summed E-state index contributed by atoms with van der Waals surface area (Å²) in [6, 6.07) is 8.54. The van der Waals surface area contributed by atoms with Crippen molar-refractivity contribution in [3.8, 4) is 0 Å². The maximum absolute atomic E-state index is 6.57. The van der Waals surface area contributed by atoms with Gasteiger partial charge in [0.2, 0.25) is 0 Å². The zero-order valence-electron chi connectivity index (χ0n) is 14.6. The third-order valence-electron chi connectivity index (χ3n) is 5.06. The fourth-order valence-electron chi connectivity index (χ4n) is 2.65. The lowest BCUT2D eigenvalue weighted by Crippen LogP contribution is -2.44. The highest BCUT2D eigenvalue weighted by Crippen LogP contribution is 2.39. The van der Waals surface area contributed by atoms with Gasteiger partial charge in [-0.25, -0.2) is 0 Å². The van der Waals surface area contributed by atoms with Gasteiger partial charge in [0.1, 0.15) is 0 Å². The molecule has 0 bridgehead atoms. The van der Waals surface area contributed by atoms with E-state index in [0.29, 0.717) is 11.1 Å². The lowest BCUT2D eigenvalue weighted by atomic mass is 9.91. The van der Waals surface area contributed by atoms with Crippen LogP contribution in [0.2, 0.25) is 18.1 Å². The molecule has 1 aromatic rings. The van der Waals surface area contributed by atoms with Crippen LogP contribution in [-0.2, 0) is 4.43 Å². The van der Waals surface area contributed by atoms with Crippen molar-refractivity contribution in [2.75, 3.05) is 0 Å². The minimum atomic E-state index is -1.62. The van der Waals surface area contributed by atoms with E-state index in [4.69, 9.17) is 4.43 Å². The number of hydrogen-bond acceptors (Lipinski definition) is 1. The second-order valence-corrected chi connectivity index (χ2v) is 13.6. The van der Waals surface area contributed by atoms with E-state index >= 15 is 0 Å². The van der Waals surface area contributed by atoms with Gasteiger partial charge in [-0.1, -0.05) is 60.5 Å². The molecule has 0 N–H and O–H groups in total. The van der Waals surface area contributed by atoms with Crippen molar-refractivity contribution in [3.05, 3.63) is 39.9 Å². The molecule has 0 amide bonds. The Hall–Kier alpha value is -0.383. The molecule has 1 aliphatic carbocycles. The highest BCUT2D eigenvalue weighted by molar-refractivity contribution is 9.10. The Bertz CT molecular complexity index is 533. The van der Waals surface area contributed by atoms with Gasteiger partial charge in [0.25, 0.3) is 0 Å².